The number of nitrogens with zero attached hydrogens (tertiary/aromatic N) is 4. The van der Waals surface area contributed by atoms with Crippen LogP contribution in [0.25, 0.3) is 10.9 Å². The second kappa shape index (κ2) is 11.5. The zero-order valence-electron chi connectivity index (χ0n) is 22.2. The highest BCUT2D eigenvalue weighted by Crippen LogP contribution is 2.39. The predicted molar refractivity (Wildman–Crippen MR) is 145 cm³/mol. The average Bonchev–Trinajstić information content (AvgIpc) is 3.33. The van der Waals surface area contributed by atoms with Crippen LogP contribution in [0.2, 0.25) is 0 Å². The van der Waals surface area contributed by atoms with Crippen LogP contribution in [0, 0.1) is 0 Å². The van der Waals surface area contributed by atoms with Crippen molar-refractivity contribution in [3.05, 3.63) is 66.6 Å². The van der Waals surface area contributed by atoms with Crippen LogP contribution in [0.5, 0.6) is 17.4 Å². The zero-order chi connectivity index (χ0) is 29.1. The Labute approximate surface area is 233 Å². The van der Waals surface area contributed by atoms with Gasteiger partial charge >= 0.3 is 12.2 Å². The van der Waals surface area contributed by atoms with Crippen LogP contribution in [0.1, 0.15) is 25.3 Å². The Balaban J connectivity index is 1.31. The standard InChI is InChI=1S/C28H27F3N6O4/c1-17(38)34-25-15-26(33-16-32-25)41-21-4-5-23-18(13-21)7-12-37(23)27(39)35-19-3-6-24(22(14-19)28(29,30)31)40-20-8-10-36(2)11-9-20/h3-7,12-16,20H,8-11H2,1-2H3,(H,35,39)(H,32,33,34,38). The number of nitrogens with one attached hydrogen (secondary N) is 2. The Morgan fingerprint density at radius 3 is 2.51 bits per heavy atom. The maximum atomic E-state index is 13.9. The van der Waals surface area contributed by atoms with Gasteiger partial charge in [-0.15, -0.1) is 0 Å². The van der Waals surface area contributed by atoms with Gasteiger partial charge in [0.1, 0.15) is 29.7 Å². The molecular weight excluding hydrogens is 541 g/mol. The van der Waals surface area contributed by atoms with E-state index < -0.39 is 17.8 Å². The minimum atomic E-state index is -4.66. The van der Waals surface area contributed by atoms with E-state index in [1.807, 2.05) is 7.05 Å². The number of hydrogen-bond donors (Lipinski definition) is 2. The number of ether oxygens (including phenoxy) is 2. The topological polar surface area (TPSA) is 111 Å². The van der Waals surface area contributed by atoms with Crippen LogP contribution in [0.3, 0.4) is 0 Å². The Bertz CT molecular complexity index is 1580. The van der Waals surface area contributed by atoms with E-state index in [9.17, 15) is 22.8 Å². The summed E-state index contributed by atoms with van der Waals surface area (Å²) in [6, 6.07) is 11.0. The van der Waals surface area contributed by atoms with Gasteiger partial charge in [-0.2, -0.15) is 13.2 Å². The molecule has 214 valence electrons. The monoisotopic (exact) mass is 568 g/mol. The number of anilines is 2. The molecule has 2 amide bonds. The van der Waals surface area contributed by atoms with Gasteiger partial charge in [0.15, 0.2) is 0 Å². The Morgan fingerprint density at radius 2 is 1.78 bits per heavy atom. The number of fused-ring (bicyclic) bond motifs is 1. The van der Waals surface area contributed by atoms with E-state index in [1.165, 1.54) is 42.2 Å². The second-order valence-corrected chi connectivity index (χ2v) is 9.69. The minimum absolute atomic E-state index is 0.0152. The summed E-state index contributed by atoms with van der Waals surface area (Å²) in [5.41, 5.74) is -0.451. The highest BCUT2D eigenvalue weighted by Gasteiger charge is 2.36. The number of hydrogen-bond acceptors (Lipinski definition) is 7. The smallest absolute Gasteiger partial charge is 0.420 e. The molecule has 13 heteroatoms. The van der Waals surface area contributed by atoms with E-state index in [0.717, 1.165) is 19.2 Å². The molecule has 3 heterocycles. The molecule has 5 rings (SSSR count). The lowest BCUT2D eigenvalue weighted by Crippen LogP contribution is -2.36. The first kappa shape index (κ1) is 27.9. The first-order chi connectivity index (χ1) is 19.5. The maximum Gasteiger partial charge on any atom is 0.420 e. The van der Waals surface area contributed by atoms with Gasteiger partial charge < -0.3 is 25.0 Å². The third kappa shape index (κ3) is 6.74. The van der Waals surface area contributed by atoms with Crippen molar-refractivity contribution in [2.24, 2.45) is 0 Å². The maximum absolute atomic E-state index is 13.9. The first-order valence-corrected chi connectivity index (χ1v) is 12.8. The number of piperidine rings is 1. The molecule has 0 atom stereocenters. The summed E-state index contributed by atoms with van der Waals surface area (Å²) < 4.78 is 54.4. The molecule has 2 aromatic carbocycles. The summed E-state index contributed by atoms with van der Waals surface area (Å²) in [7, 11) is 1.96. The number of amides is 2. The molecule has 1 saturated heterocycles. The fourth-order valence-electron chi connectivity index (χ4n) is 4.52. The van der Waals surface area contributed by atoms with Gasteiger partial charge in [-0.05, 0) is 62.4 Å². The lowest BCUT2D eigenvalue weighted by molar-refractivity contribution is -0.139. The average molecular weight is 569 g/mol. The van der Waals surface area contributed by atoms with Crippen molar-refractivity contribution < 1.29 is 32.2 Å². The van der Waals surface area contributed by atoms with Gasteiger partial charge in [-0.25, -0.2) is 14.8 Å². The van der Waals surface area contributed by atoms with Crippen LogP contribution in [-0.2, 0) is 11.0 Å². The fourth-order valence-corrected chi connectivity index (χ4v) is 4.52. The largest absolute Gasteiger partial charge is 0.490 e. The lowest BCUT2D eigenvalue weighted by Gasteiger charge is -2.30. The van der Waals surface area contributed by atoms with Crippen molar-refractivity contribution in [1.29, 1.82) is 0 Å². The predicted octanol–water partition coefficient (Wildman–Crippen LogP) is 5.75. The quantitative estimate of drug-likeness (QED) is 0.305. The van der Waals surface area contributed by atoms with Crippen LogP contribution < -0.4 is 20.1 Å². The van der Waals surface area contributed by atoms with E-state index in [2.05, 4.69) is 25.5 Å². The third-order valence-electron chi connectivity index (χ3n) is 6.54. The van der Waals surface area contributed by atoms with E-state index >= 15 is 0 Å². The summed E-state index contributed by atoms with van der Waals surface area (Å²) in [6.45, 7) is 2.85. The summed E-state index contributed by atoms with van der Waals surface area (Å²) in [6.07, 6.45) is -0.941. The van der Waals surface area contributed by atoms with Gasteiger partial charge in [-0.1, -0.05) is 0 Å². The molecule has 1 aliphatic heterocycles. The third-order valence-corrected chi connectivity index (χ3v) is 6.54. The van der Waals surface area contributed by atoms with Gasteiger partial charge in [-0.3, -0.25) is 9.36 Å². The number of carbonyl (C=O) groups is 2. The van der Waals surface area contributed by atoms with E-state index in [4.69, 9.17) is 9.47 Å². The first-order valence-electron chi connectivity index (χ1n) is 12.8. The molecular formula is C28H27F3N6O4. The second-order valence-electron chi connectivity index (χ2n) is 9.69. The molecule has 0 aliphatic carbocycles. The molecule has 41 heavy (non-hydrogen) atoms. The summed E-state index contributed by atoms with van der Waals surface area (Å²) in [5, 5.41) is 5.73. The van der Waals surface area contributed by atoms with Crippen molar-refractivity contribution in [2.45, 2.75) is 32.0 Å². The highest BCUT2D eigenvalue weighted by molar-refractivity contribution is 5.99. The molecule has 0 spiro atoms. The molecule has 2 N–H and O–H groups in total. The number of alkyl halides is 3. The van der Waals surface area contributed by atoms with Crippen LogP contribution in [0.15, 0.2) is 61.1 Å². The van der Waals surface area contributed by atoms with Crippen molar-refractivity contribution in [3.63, 3.8) is 0 Å². The molecule has 0 bridgehead atoms. The Kier molecular flexibility index (Phi) is 7.79. The Morgan fingerprint density at radius 1 is 1.00 bits per heavy atom. The van der Waals surface area contributed by atoms with Crippen LogP contribution in [-0.4, -0.2) is 57.6 Å². The minimum Gasteiger partial charge on any atom is -0.490 e. The van der Waals surface area contributed by atoms with E-state index in [0.29, 0.717) is 29.5 Å². The molecule has 1 fully saturated rings. The molecule has 2 aromatic heterocycles. The van der Waals surface area contributed by atoms with Crippen molar-refractivity contribution in [1.82, 2.24) is 19.4 Å². The number of benzene rings is 2. The molecule has 1 aliphatic rings. The number of rotatable bonds is 6. The van der Waals surface area contributed by atoms with Crippen LogP contribution in [0.4, 0.5) is 29.5 Å². The number of halogens is 3. The summed E-state index contributed by atoms with van der Waals surface area (Å²) in [5.74, 6) is 0.350. The number of aromatic nitrogens is 3. The summed E-state index contributed by atoms with van der Waals surface area (Å²) >= 11 is 0. The molecule has 0 radical (unpaired) electrons. The van der Waals surface area contributed by atoms with Crippen molar-refractivity contribution in [3.8, 4) is 17.4 Å². The lowest BCUT2D eigenvalue weighted by atomic mass is 10.1. The van der Waals surface area contributed by atoms with Crippen molar-refractivity contribution >= 4 is 34.3 Å². The number of likely N-dealkylation sites (tertiary alicyclic amines) is 1. The van der Waals surface area contributed by atoms with Crippen molar-refractivity contribution in [2.75, 3.05) is 30.8 Å². The highest BCUT2D eigenvalue weighted by atomic mass is 19.4. The summed E-state index contributed by atoms with van der Waals surface area (Å²) in [4.78, 5) is 34.4. The SMILES string of the molecule is CC(=O)Nc1cc(Oc2ccc3c(ccn3C(=O)Nc3ccc(OC4CCN(C)CC4)c(C(F)(F)F)c3)c2)ncn1. The van der Waals surface area contributed by atoms with E-state index in [1.54, 1.807) is 24.3 Å². The normalized spacial score (nSPS) is 14.6. The van der Waals surface area contributed by atoms with Gasteiger partial charge in [0.05, 0.1) is 11.1 Å². The number of carbonyl (C=O) groups excluding carboxylic acids is 2. The Hall–Kier alpha value is -4.65. The van der Waals surface area contributed by atoms with Crippen LogP contribution >= 0.6 is 0 Å². The molecule has 10 nitrogen and oxygen atoms in total. The van der Waals surface area contributed by atoms with Gasteiger partial charge in [0, 0.05) is 43.4 Å². The molecule has 0 unspecified atom stereocenters. The van der Waals surface area contributed by atoms with Gasteiger partial charge in [0.25, 0.3) is 0 Å². The molecule has 4 aromatic rings. The zero-order valence-corrected chi connectivity index (χ0v) is 22.2. The van der Waals surface area contributed by atoms with Gasteiger partial charge in [0.2, 0.25) is 11.8 Å². The molecule has 0 saturated carbocycles. The van der Waals surface area contributed by atoms with E-state index in [-0.39, 0.29) is 35.1 Å². The fraction of sp³-hybridized carbons (Fsp3) is 0.286.